The molecule has 0 radical (unpaired) electrons. The molecule has 154 valence electrons. The highest BCUT2D eigenvalue weighted by Gasteiger charge is 2.32. The molecule has 0 saturated heterocycles. The van der Waals surface area contributed by atoms with Crippen molar-refractivity contribution < 1.29 is 28.7 Å². The molecule has 0 aliphatic rings. The Morgan fingerprint density at radius 2 is 0.964 bits per heavy atom. The van der Waals surface area contributed by atoms with Crippen molar-refractivity contribution in [2.45, 2.75) is 11.6 Å². The molecule has 8 nitrogen and oxygen atoms in total. The summed E-state index contributed by atoms with van der Waals surface area (Å²) in [6.45, 7) is 0.0883. The lowest BCUT2D eigenvalue weighted by Crippen LogP contribution is -2.32. The fourth-order valence-electron chi connectivity index (χ4n) is 2.57. The van der Waals surface area contributed by atoms with E-state index in [0.29, 0.717) is 21.2 Å². The Bertz CT molecular complexity index is 796. The van der Waals surface area contributed by atoms with Crippen LogP contribution in [0.15, 0.2) is 48.5 Å². The van der Waals surface area contributed by atoms with Crippen molar-refractivity contribution >= 4 is 38.4 Å². The van der Waals surface area contributed by atoms with Gasteiger partial charge in [0.25, 0.3) is 0 Å². The van der Waals surface area contributed by atoms with Gasteiger partial charge in [0.1, 0.15) is 11.6 Å². The molecule has 28 heavy (non-hydrogen) atoms. The van der Waals surface area contributed by atoms with Crippen LogP contribution in [0.2, 0.25) is 10.0 Å². The highest BCUT2D eigenvalue weighted by atomic mass is 35.5. The molecule has 0 spiro atoms. The molecule has 2 aromatic carbocycles. The minimum Gasteiger partial charge on any atom is -0.323 e. The molecule has 0 fully saturated rings. The van der Waals surface area contributed by atoms with E-state index in [1.54, 1.807) is 0 Å². The zero-order valence-electron chi connectivity index (χ0n) is 14.4. The smallest absolute Gasteiger partial charge is 0.323 e. The molecule has 2 rings (SSSR count). The molecular weight excluding hydrogens is 449 g/mol. The quantitative estimate of drug-likeness (QED) is 0.243. The summed E-state index contributed by atoms with van der Waals surface area (Å²) in [6.07, 6.45) is 0. The largest absolute Gasteiger partial charge is 0.346 e. The predicted molar refractivity (Wildman–Crippen MR) is 108 cm³/mol. The summed E-state index contributed by atoms with van der Waals surface area (Å²) in [5, 5.41) is 6.31. The molecular formula is C16H20Cl2N2O6P2. The first-order valence-corrected chi connectivity index (χ1v) is 12.2. The van der Waals surface area contributed by atoms with Gasteiger partial charge >= 0.3 is 15.2 Å². The van der Waals surface area contributed by atoms with E-state index in [4.69, 9.17) is 23.2 Å². The van der Waals surface area contributed by atoms with Gasteiger partial charge in [0, 0.05) is 23.1 Å². The van der Waals surface area contributed by atoms with E-state index in [-0.39, 0.29) is 13.1 Å². The van der Waals surface area contributed by atoms with Crippen LogP contribution in [0.25, 0.3) is 0 Å². The average molecular weight is 469 g/mol. The molecule has 2 aromatic rings. The van der Waals surface area contributed by atoms with E-state index in [1.807, 2.05) is 0 Å². The van der Waals surface area contributed by atoms with Crippen molar-refractivity contribution in [1.82, 2.24) is 10.6 Å². The standard InChI is InChI=1S/C16H20Cl2N2O6P2/c17-13-5-1-11(2-6-13)15(27(21,22)23)19-9-10-20-16(28(24,25)26)12-3-7-14(18)8-4-12/h1-8,15-16,19-20H,9-10H2,(H2,21,22,23)(H2,24,25,26). The van der Waals surface area contributed by atoms with Crippen molar-refractivity contribution in [3.05, 3.63) is 69.7 Å². The van der Waals surface area contributed by atoms with E-state index in [9.17, 15) is 28.7 Å². The Kier molecular flexibility index (Phi) is 8.26. The maximum atomic E-state index is 11.8. The molecule has 2 unspecified atom stereocenters. The lowest BCUT2D eigenvalue weighted by Gasteiger charge is -2.23. The lowest BCUT2D eigenvalue weighted by atomic mass is 10.2. The van der Waals surface area contributed by atoms with Gasteiger partial charge in [-0.15, -0.1) is 0 Å². The third-order valence-corrected chi connectivity index (χ3v) is 6.66. The van der Waals surface area contributed by atoms with Crippen LogP contribution in [0.4, 0.5) is 0 Å². The normalized spacial score (nSPS) is 14.6. The number of hydrogen-bond donors (Lipinski definition) is 6. The van der Waals surface area contributed by atoms with Crippen LogP contribution in [-0.2, 0) is 9.13 Å². The lowest BCUT2D eigenvalue weighted by molar-refractivity contribution is 0.339. The molecule has 12 heteroatoms. The van der Waals surface area contributed by atoms with Gasteiger partial charge in [-0.1, -0.05) is 47.5 Å². The van der Waals surface area contributed by atoms with E-state index >= 15 is 0 Å². The third kappa shape index (κ3) is 6.94. The van der Waals surface area contributed by atoms with Crippen LogP contribution in [0, 0.1) is 0 Å². The minimum atomic E-state index is -4.52. The monoisotopic (exact) mass is 468 g/mol. The van der Waals surface area contributed by atoms with E-state index < -0.39 is 26.8 Å². The SMILES string of the molecule is O=P(O)(O)C(NCCNC(c1ccc(Cl)cc1)P(=O)(O)O)c1ccc(Cl)cc1. The molecule has 0 amide bonds. The molecule has 0 saturated carbocycles. The highest BCUT2D eigenvalue weighted by molar-refractivity contribution is 7.52. The first kappa shape index (κ1) is 23.5. The first-order chi connectivity index (χ1) is 13.0. The number of nitrogens with one attached hydrogen (secondary N) is 2. The fraction of sp³-hybridized carbons (Fsp3) is 0.250. The summed E-state index contributed by atoms with van der Waals surface area (Å²) in [5.41, 5.74) is 0.698. The Hall–Kier alpha value is -0.760. The van der Waals surface area contributed by atoms with Crippen molar-refractivity contribution in [2.75, 3.05) is 13.1 Å². The summed E-state index contributed by atoms with van der Waals surface area (Å²) >= 11 is 11.6. The summed E-state index contributed by atoms with van der Waals surface area (Å²) in [5.74, 6) is -2.54. The Labute approximate surface area is 172 Å². The first-order valence-electron chi connectivity index (χ1n) is 8.06. The van der Waals surface area contributed by atoms with Crippen LogP contribution in [-0.4, -0.2) is 32.7 Å². The van der Waals surface area contributed by atoms with Gasteiger partial charge in [0.15, 0.2) is 0 Å². The predicted octanol–water partition coefficient (Wildman–Crippen LogP) is 3.23. The second kappa shape index (κ2) is 9.83. The maximum absolute atomic E-state index is 11.8. The van der Waals surface area contributed by atoms with Crippen LogP contribution in [0.3, 0.4) is 0 Å². The van der Waals surface area contributed by atoms with Crippen LogP contribution < -0.4 is 10.6 Å². The van der Waals surface area contributed by atoms with Crippen molar-refractivity contribution in [3.63, 3.8) is 0 Å². The summed E-state index contributed by atoms with van der Waals surface area (Å²) in [4.78, 5) is 38.4. The Morgan fingerprint density at radius 1 is 0.679 bits per heavy atom. The van der Waals surface area contributed by atoms with Crippen LogP contribution >= 0.6 is 38.4 Å². The maximum Gasteiger partial charge on any atom is 0.346 e. The molecule has 0 aliphatic heterocycles. The minimum absolute atomic E-state index is 0.0441. The molecule has 0 bridgehead atoms. The van der Waals surface area contributed by atoms with Gasteiger partial charge in [-0.3, -0.25) is 19.8 Å². The number of benzene rings is 2. The topological polar surface area (TPSA) is 139 Å². The second-order valence-electron chi connectivity index (χ2n) is 5.99. The van der Waals surface area contributed by atoms with E-state index in [0.717, 1.165) is 0 Å². The van der Waals surface area contributed by atoms with Crippen molar-refractivity contribution in [2.24, 2.45) is 0 Å². The van der Waals surface area contributed by atoms with Crippen LogP contribution in [0.1, 0.15) is 22.7 Å². The number of hydrogen-bond acceptors (Lipinski definition) is 4. The van der Waals surface area contributed by atoms with Crippen LogP contribution in [0.5, 0.6) is 0 Å². The second-order valence-corrected chi connectivity index (χ2v) is 10.3. The molecule has 6 N–H and O–H groups in total. The Balaban J connectivity index is 2.04. The van der Waals surface area contributed by atoms with E-state index in [2.05, 4.69) is 10.6 Å². The number of halogens is 2. The van der Waals surface area contributed by atoms with Gasteiger partial charge in [0.2, 0.25) is 0 Å². The summed E-state index contributed by atoms with van der Waals surface area (Å²) < 4.78 is 23.6. The summed E-state index contributed by atoms with van der Waals surface area (Å²) in [6, 6.07) is 12.1. The van der Waals surface area contributed by atoms with Gasteiger partial charge < -0.3 is 19.6 Å². The van der Waals surface area contributed by atoms with Gasteiger partial charge in [-0.05, 0) is 35.4 Å². The molecule has 0 aliphatic carbocycles. The summed E-state index contributed by atoms with van der Waals surface area (Å²) in [7, 11) is -9.05. The van der Waals surface area contributed by atoms with Crippen molar-refractivity contribution in [1.29, 1.82) is 0 Å². The van der Waals surface area contributed by atoms with Gasteiger partial charge in [-0.2, -0.15) is 0 Å². The average Bonchev–Trinajstić information content (AvgIpc) is 2.58. The van der Waals surface area contributed by atoms with Crippen molar-refractivity contribution in [3.8, 4) is 0 Å². The molecule has 0 aromatic heterocycles. The zero-order chi connectivity index (χ0) is 20.9. The van der Waals surface area contributed by atoms with E-state index in [1.165, 1.54) is 48.5 Å². The van der Waals surface area contributed by atoms with Gasteiger partial charge in [0.05, 0.1) is 0 Å². The highest BCUT2D eigenvalue weighted by Crippen LogP contribution is 2.51. The molecule has 0 heterocycles. The molecule has 2 atom stereocenters. The van der Waals surface area contributed by atoms with Gasteiger partial charge in [-0.25, -0.2) is 0 Å². The third-order valence-electron chi connectivity index (χ3n) is 3.84. The fourth-order valence-corrected chi connectivity index (χ4v) is 4.68. The number of rotatable bonds is 9. The zero-order valence-corrected chi connectivity index (χ0v) is 17.7. The Morgan fingerprint density at radius 3 is 1.21 bits per heavy atom.